The monoisotopic (exact) mass is 276 g/mol. The molecule has 1 aromatic rings. The smallest absolute Gasteiger partial charge is 0.239 e. The highest BCUT2D eigenvalue weighted by molar-refractivity contribution is 5.81. The molecule has 0 aliphatic rings. The summed E-state index contributed by atoms with van der Waals surface area (Å²) in [5.74, 6) is 0.0816. The zero-order valence-electron chi connectivity index (χ0n) is 12.8. The van der Waals surface area contributed by atoms with Gasteiger partial charge in [0.25, 0.3) is 0 Å². The molecule has 1 atom stereocenters. The van der Waals surface area contributed by atoms with E-state index in [1.54, 1.807) is 4.90 Å². The molecule has 0 saturated carbocycles. The quantitative estimate of drug-likeness (QED) is 0.705. The minimum absolute atomic E-state index is 0.0816. The Morgan fingerprint density at radius 2 is 1.90 bits per heavy atom. The lowest BCUT2D eigenvalue weighted by molar-refractivity contribution is -0.131. The molecule has 1 unspecified atom stereocenters. The third kappa shape index (κ3) is 6.20. The number of hydrogen-bond acceptors (Lipinski definition) is 2. The summed E-state index contributed by atoms with van der Waals surface area (Å²) in [5.41, 5.74) is 7.27. The normalized spacial score (nSPS) is 12.2. The molecule has 3 heteroatoms. The van der Waals surface area contributed by atoms with Gasteiger partial charge < -0.3 is 10.6 Å². The van der Waals surface area contributed by atoms with Gasteiger partial charge in [-0.1, -0.05) is 50.1 Å². The van der Waals surface area contributed by atoms with Crippen molar-refractivity contribution in [3.8, 4) is 0 Å². The van der Waals surface area contributed by atoms with E-state index in [-0.39, 0.29) is 11.9 Å². The van der Waals surface area contributed by atoms with Gasteiger partial charge in [0.15, 0.2) is 0 Å². The van der Waals surface area contributed by atoms with Crippen LogP contribution in [0.25, 0.3) is 0 Å². The third-order valence-electron chi connectivity index (χ3n) is 3.61. The Morgan fingerprint density at radius 1 is 1.20 bits per heavy atom. The summed E-state index contributed by atoms with van der Waals surface area (Å²) in [6, 6.07) is 10.1. The first-order chi connectivity index (χ1) is 9.65. The molecule has 0 aliphatic heterocycles. The van der Waals surface area contributed by atoms with Crippen LogP contribution in [0, 0.1) is 0 Å². The molecule has 0 fully saturated rings. The molecule has 1 aromatic carbocycles. The molecule has 1 rings (SSSR count). The summed E-state index contributed by atoms with van der Waals surface area (Å²) in [4.78, 5) is 13.8. The van der Waals surface area contributed by atoms with Gasteiger partial charge in [0.2, 0.25) is 5.91 Å². The lowest BCUT2D eigenvalue weighted by Gasteiger charge is -2.21. The van der Waals surface area contributed by atoms with Gasteiger partial charge in [-0.25, -0.2) is 0 Å². The average Bonchev–Trinajstić information content (AvgIpc) is 2.49. The fourth-order valence-corrected chi connectivity index (χ4v) is 2.26. The fourth-order valence-electron chi connectivity index (χ4n) is 2.26. The van der Waals surface area contributed by atoms with Crippen molar-refractivity contribution in [1.29, 1.82) is 0 Å². The SMILES string of the molecule is CCCCC(N)C(=O)N(C)CCCCc1ccccc1. The first-order valence-electron chi connectivity index (χ1n) is 7.69. The van der Waals surface area contributed by atoms with Gasteiger partial charge >= 0.3 is 0 Å². The number of amides is 1. The highest BCUT2D eigenvalue weighted by atomic mass is 16.2. The van der Waals surface area contributed by atoms with E-state index in [1.807, 2.05) is 13.1 Å². The summed E-state index contributed by atoms with van der Waals surface area (Å²) in [6.07, 6.45) is 6.11. The fraction of sp³-hybridized carbons (Fsp3) is 0.588. The molecule has 0 spiro atoms. The highest BCUT2D eigenvalue weighted by Gasteiger charge is 2.16. The molecule has 3 nitrogen and oxygen atoms in total. The van der Waals surface area contributed by atoms with Crippen molar-refractivity contribution in [3.63, 3.8) is 0 Å². The Hall–Kier alpha value is -1.35. The van der Waals surface area contributed by atoms with Crippen molar-refractivity contribution < 1.29 is 4.79 Å². The van der Waals surface area contributed by atoms with Crippen LogP contribution in [0.4, 0.5) is 0 Å². The second kappa shape index (κ2) is 9.54. The molecule has 0 radical (unpaired) electrons. The number of hydrogen-bond donors (Lipinski definition) is 1. The van der Waals surface area contributed by atoms with Crippen LogP contribution in [0.5, 0.6) is 0 Å². The molecule has 2 N–H and O–H groups in total. The Balaban J connectivity index is 2.19. The van der Waals surface area contributed by atoms with Crippen molar-refractivity contribution in [2.75, 3.05) is 13.6 Å². The lowest BCUT2D eigenvalue weighted by atomic mass is 10.1. The predicted molar refractivity (Wildman–Crippen MR) is 84.5 cm³/mol. The maximum absolute atomic E-state index is 12.0. The summed E-state index contributed by atoms with van der Waals surface area (Å²) < 4.78 is 0. The maximum Gasteiger partial charge on any atom is 0.239 e. The van der Waals surface area contributed by atoms with Crippen LogP contribution in [0.15, 0.2) is 30.3 Å². The summed E-state index contributed by atoms with van der Waals surface area (Å²) in [7, 11) is 1.86. The number of carbonyl (C=O) groups is 1. The zero-order chi connectivity index (χ0) is 14.8. The standard InChI is InChI=1S/C17H28N2O/c1-3-4-13-16(18)17(20)19(2)14-9-8-12-15-10-6-5-7-11-15/h5-7,10-11,16H,3-4,8-9,12-14,18H2,1-2H3. The summed E-state index contributed by atoms with van der Waals surface area (Å²) >= 11 is 0. The van der Waals surface area contributed by atoms with Gasteiger partial charge in [-0.2, -0.15) is 0 Å². The van der Waals surface area contributed by atoms with E-state index in [9.17, 15) is 4.79 Å². The van der Waals surface area contributed by atoms with Crippen LogP contribution >= 0.6 is 0 Å². The molecule has 0 saturated heterocycles. The second-order valence-electron chi connectivity index (χ2n) is 5.45. The number of benzene rings is 1. The van der Waals surface area contributed by atoms with Crippen molar-refractivity contribution in [2.24, 2.45) is 5.73 Å². The molecule has 112 valence electrons. The number of rotatable bonds is 9. The van der Waals surface area contributed by atoms with Crippen molar-refractivity contribution >= 4 is 5.91 Å². The van der Waals surface area contributed by atoms with Crippen LogP contribution in [0.2, 0.25) is 0 Å². The Morgan fingerprint density at radius 3 is 2.55 bits per heavy atom. The minimum Gasteiger partial charge on any atom is -0.344 e. The van der Waals surface area contributed by atoms with Crippen molar-refractivity contribution in [2.45, 2.75) is 51.5 Å². The molecule has 20 heavy (non-hydrogen) atoms. The van der Waals surface area contributed by atoms with Crippen LogP contribution in [-0.2, 0) is 11.2 Å². The average molecular weight is 276 g/mol. The number of nitrogens with two attached hydrogens (primary N) is 1. The van der Waals surface area contributed by atoms with Gasteiger partial charge in [-0.3, -0.25) is 4.79 Å². The first-order valence-corrected chi connectivity index (χ1v) is 7.69. The predicted octanol–water partition coefficient (Wildman–Crippen LogP) is 2.99. The van der Waals surface area contributed by atoms with Crippen LogP contribution in [0.1, 0.15) is 44.6 Å². The minimum atomic E-state index is -0.325. The van der Waals surface area contributed by atoms with Crippen molar-refractivity contribution in [3.05, 3.63) is 35.9 Å². The molecular weight excluding hydrogens is 248 g/mol. The van der Waals surface area contributed by atoms with Gasteiger partial charge in [-0.15, -0.1) is 0 Å². The van der Waals surface area contributed by atoms with Crippen LogP contribution < -0.4 is 5.73 Å². The van der Waals surface area contributed by atoms with E-state index in [0.717, 1.165) is 45.1 Å². The van der Waals surface area contributed by atoms with Crippen LogP contribution in [0.3, 0.4) is 0 Å². The van der Waals surface area contributed by atoms with Gasteiger partial charge in [0.05, 0.1) is 6.04 Å². The van der Waals surface area contributed by atoms with Crippen molar-refractivity contribution in [1.82, 2.24) is 4.90 Å². The molecule has 0 bridgehead atoms. The van der Waals surface area contributed by atoms with Gasteiger partial charge in [0, 0.05) is 13.6 Å². The van der Waals surface area contributed by atoms with E-state index >= 15 is 0 Å². The molecule has 0 aliphatic carbocycles. The molecule has 0 aromatic heterocycles. The topological polar surface area (TPSA) is 46.3 Å². The number of nitrogens with zero attached hydrogens (tertiary/aromatic N) is 1. The van der Waals surface area contributed by atoms with E-state index in [4.69, 9.17) is 5.73 Å². The summed E-state index contributed by atoms with van der Waals surface area (Å²) in [5, 5.41) is 0. The maximum atomic E-state index is 12.0. The lowest BCUT2D eigenvalue weighted by Crippen LogP contribution is -2.42. The Kier molecular flexibility index (Phi) is 7.97. The van der Waals surface area contributed by atoms with E-state index < -0.39 is 0 Å². The van der Waals surface area contributed by atoms with Crippen LogP contribution in [-0.4, -0.2) is 30.4 Å². The number of unbranched alkanes of at least 4 members (excludes halogenated alkanes) is 2. The van der Waals surface area contributed by atoms with Gasteiger partial charge in [0.1, 0.15) is 0 Å². The largest absolute Gasteiger partial charge is 0.344 e. The number of carbonyl (C=O) groups excluding carboxylic acids is 1. The summed E-state index contributed by atoms with van der Waals surface area (Å²) in [6.45, 7) is 2.91. The van der Waals surface area contributed by atoms with E-state index in [0.29, 0.717) is 0 Å². The van der Waals surface area contributed by atoms with Gasteiger partial charge in [-0.05, 0) is 31.2 Å². The third-order valence-corrected chi connectivity index (χ3v) is 3.61. The number of likely N-dealkylation sites (N-methyl/N-ethyl adjacent to an activating group) is 1. The Bertz CT molecular complexity index is 378. The van der Waals surface area contributed by atoms with E-state index in [1.165, 1.54) is 5.56 Å². The molecular formula is C17H28N2O. The second-order valence-corrected chi connectivity index (χ2v) is 5.45. The highest BCUT2D eigenvalue weighted by Crippen LogP contribution is 2.06. The zero-order valence-corrected chi connectivity index (χ0v) is 12.8. The van der Waals surface area contributed by atoms with E-state index in [2.05, 4.69) is 31.2 Å². The first kappa shape index (κ1) is 16.7. The Labute approximate surface area is 123 Å². The molecule has 1 amide bonds. The number of aryl methyl sites for hydroxylation is 1. The molecule has 0 heterocycles.